The smallest absolute Gasteiger partial charge is 0.340 e. The second-order valence-electron chi connectivity index (χ2n) is 4.19. The molecule has 2 amide bonds. The maximum absolute atomic E-state index is 11.9. The van der Waals surface area contributed by atoms with Gasteiger partial charge < -0.3 is 15.4 Å². The van der Waals surface area contributed by atoms with Gasteiger partial charge in [0.2, 0.25) is 11.8 Å². The van der Waals surface area contributed by atoms with Crippen molar-refractivity contribution in [2.24, 2.45) is 11.7 Å². The van der Waals surface area contributed by atoms with Crippen LogP contribution in [0.1, 0.15) is 16.8 Å². The Morgan fingerprint density at radius 1 is 1.53 bits per heavy atom. The molecule has 1 saturated heterocycles. The van der Waals surface area contributed by atoms with E-state index in [0.717, 1.165) is 0 Å². The lowest BCUT2D eigenvalue weighted by Crippen LogP contribution is -2.29. The van der Waals surface area contributed by atoms with Gasteiger partial charge in [0, 0.05) is 19.2 Å². The fraction of sp³-hybridized carbons (Fsp3) is 0.333. The summed E-state index contributed by atoms with van der Waals surface area (Å²) in [5, 5.41) is 0. The van der Waals surface area contributed by atoms with Gasteiger partial charge in [0.15, 0.2) is 0 Å². The van der Waals surface area contributed by atoms with Crippen LogP contribution >= 0.6 is 0 Å². The van der Waals surface area contributed by atoms with Gasteiger partial charge in [-0.2, -0.15) is 0 Å². The van der Waals surface area contributed by atoms with E-state index >= 15 is 0 Å². The number of carbonyl (C=O) groups is 3. The average Bonchev–Trinajstić information content (AvgIpc) is 2.80. The molecule has 0 saturated carbocycles. The fourth-order valence-corrected chi connectivity index (χ4v) is 2.01. The Balaban J connectivity index is 2.35. The van der Waals surface area contributed by atoms with Crippen molar-refractivity contribution in [2.75, 3.05) is 18.6 Å². The number of methoxy groups -OCH3 is 1. The largest absolute Gasteiger partial charge is 0.465 e. The number of carbonyl (C=O) groups excluding carboxylic acids is 3. The second kappa shape index (κ2) is 5.05. The van der Waals surface area contributed by atoms with Crippen LogP contribution in [0.3, 0.4) is 0 Å². The number of anilines is 1. The molecule has 1 aromatic rings. The van der Waals surface area contributed by atoms with E-state index < -0.39 is 17.8 Å². The molecule has 1 aliphatic heterocycles. The number of esters is 1. The van der Waals surface area contributed by atoms with Crippen LogP contribution in [0.15, 0.2) is 18.5 Å². The molecule has 100 valence electrons. The van der Waals surface area contributed by atoms with Crippen molar-refractivity contribution < 1.29 is 19.1 Å². The van der Waals surface area contributed by atoms with Crippen molar-refractivity contribution in [3.63, 3.8) is 0 Å². The lowest BCUT2D eigenvalue weighted by Gasteiger charge is -2.18. The first-order chi connectivity index (χ1) is 9.04. The zero-order chi connectivity index (χ0) is 14.0. The van der Waals surface area contributed by atoms with Gasteiger partial charge in [0.05, 0.1) is 30.5 Å². The molecule has 7 heteroatoms. The number of amides is 2. The molecule has 0 bridgehead atoms. The summed E-state index contributed by atoms with van der Waals surface area (Å²) in [6, 6.07) is 1.46. The summed E-state index contributed by atoms with van der Waals surface area (Å²) in [6.07, 6.45) is 2.88. The van der Waals surface area contributed by atoms with Crippen molar-refractivity contribution in [1.29, 1.82) is 0 Å². The van der Waals surface area contributed by atoms with E-state index in [1.165, 1.54) is 30.5 Å². The Kier molecular flexibility index (Phi) is 3.46. The third-order valence-corrected chi connectivity index (χ3v) is 3.02. The van der Waals surface area contributed by atoms with Crippen LogP contribution in [0.2, 0.25) is 0 Å². The van der Waals surface area contributed by atoms with Crippen LogP contribution < -0.4 is 10.6 Å². The highest BCUT2D eigenvalue weighted by Gasteiger charge is 2.35. The van der Waals surface area contributed by atoms with Crippen LogP contribution in [0, 0.1) is 5.92 Å². The molecule has 0 aliphatic carbocycles. The number of ether oxygens (including phenoxy) is 1. The number of nitrogens with two attached hydrogens (primary N) is 1. The first-order valence-electron chi connectivity index (χ1n) is 5.66. The second-order valence-corrected chi connectivity index (χ2v) is 4.19. The Hall–Kier alpha value is -2.44. The normalized spacial score (nSPS) is 18.5. The molecule has 1 fully saturated rings. The zero-order valence-corrected chi connectivity index (χ0v) is 10.3. The van der Waals surface area contributed by atoms with Gasteiger partial charge in [-0.25, -0.2) is 4.79 Å². The Morgan fingerprint density at radius 3 is 2.84 bits per heavy atom. The number of nitrogens with zero attached hydrogens (tertiary/aromatic N) is 2. The highest BCUT2D eigenvalue weighted by molar-refractivity contribution is 6.05. The Labute approximate surface area is 109 Å². The molecule has 0 aromatic carbocycles. The molecule has 2 N–H and O–H groups in total. The summed E-state index contributed by atoms with van der Waals surface area (Å²) in [5.41, 5.74) is 5.77. The minimum Gasteiger partial charge on any atom is -0.465 e. The summed E-state index contributed by atoms with van der Waals surface area (Å²) < 4.78 is 4.65. The predicted octanol–water partition coefficient (Wildman–Crippen LogP) is -0.294. The summed E-state index contributed by atoms with van der Waals surface area (Å²) >= 11 is 0. The van der Waals surface area contributed by atoms with Gasteiger partial charge in [-0.3, -0.25) is 14.6 Å². The molecule has 0 radical (unpaired) electrons. The summed E-state index contributed by atoms with van der Waals surface area (Å²) in [7, 11) is 1.25. The number of pyridine rings is 1. The number of rotatable bonds is 3. The van der Waals surface area contributed by atoms with E-state index in [2.05, 4.69) is 9.72 Å². The van der Waals surface area contributed by atoms with Gasteiger partial charge in [0.25, 0.3) is 0 Å². The van der Waals surface area contributed by atoms with Crippen LogP contribution in [-0.2, 0) is 14.3 Å². The topological polar surface area (TPSA) is 103 Å². The number of hydrogen-bond acceptors (Lipinski definition) is 5. The van der Waals surface area contributed by atoms with Gasteiger partial charge >= 0.3 is 5.97 Å². The summed E-state index contributed by atoms with van der Waals surface area (Å²) in [6.45, 7) is 0.157. The highest BCUT2D eigenvalue weighted by atomic mass is 16.5. The molecule has 0 spiro atoms. The van der Waals surface area contributed by atoms with Crippen molar-refractivity contribution in [3.05, 3.63) is 24.0 Å². The van der Waals surface area contributed by atoms with Crippen LogP contribution in [0.4, 0.5) is 5.69 Å². The molecule has 19 heavy (non-hydrogen) atoms. The molecule has 7 nitrogen and oxygen atoms in total. The van der Waals surface area contributed by atoms with Crippen molar-refractivity contribution >= 4 is 23.5 Å². The predicted molar refractivity (Wildman–Crippen MR) is 65.2 cm³/mol. The van der Waals surface area contributed by atoms with Gasteiger partial charge in [0.1, 0.15) is 0 Å². The lowest BCUT2D eigenvalue weighted by molar-refractivity contribution is -0.123. The molecule has 2 heterocycles. The summed E-state index contributed by atoms with van der Waals surface area (Å²) in [5.74, 6) is -1.90. The molecule has 2 rings (SSSR count). The third kappa shape index (κ3) is 2.40. The van der Waals surface area contributed by atoms with E-state index in [4.69, 9.17) is 5.73 Å². The number of hydrogen-bond donors (Lipinski definition) is 1. The zero-order valence-electron chi connectivity index (χ0n) is 10.3. The standard InChI is InChI=1S/C12H13N3O4/c1-19-12(18)8-2-3-14-5-9(8)15-6-7(11(13)17)4-10(15)16/h2-3,5,7H,4,6H2,1H3,(H2,13,17). The maximum Gasteiger partial charge on any atom is 0.340 e. The summed E-state index contributed by atoms with van der Waals surface area (Å²) in [4.78, 5) is 39.9. The maximum atomic E-state index is 11.9. The van der Waals surface area contributed by atoms with E-state index in [-0.39, 0.29) is 24.4 Å². The lowest BCUT2D eigenvalue weighted by atomic mass is 10.1. The first-order valence-corrected chi connectivity index (χ1v) is 5.66. The fourth-order valence-electron chi connectivity index (χ4n) is 2.01. The van der Waals surface area contributed by atoms with E-state index in [0.29, 0.717) is 5.69 Å². The molecular weight excluding hydrogens is 250 g/mol. The molecular formula is C12H13N3O4. The van der Waals surface area contributed by atoms with Crippen molar-refractivity contribution in [2.45, 2.75) is 6.42 Å². The minimum absolute atomic E-state index is 0.0465. The van der Waals surface area contributed by atoms with E-state index in [1.807, 2.05) is 0 Å². The number of aromatic nitrogens is 1. The molecule has 1 atom stereocenters. The van der Waals surface area contributed by atoms with Gasteiger partial charge in [-0.1, -0.05) is 0 Å². The minimum atomic E-state index is -0.562. The number of primary amides is 1. The highest BCUT2D eigenvalue weighted by Crippen LogP contribution is 2.27. The van der Waals surface area contributed by atoms with Crippen LogP contribution in [0.5, 0.6) is 0 Å². The molecule has 1 unspecified atom stereocenters. The quantitative estimate of drug-likeness (QED) is 0.754. The molecule has 1 aliphatic rings. The molecule has 1 aromatic heterocycles. The first kappa shape index (κ1) is 13.0. The van der Waals surface area contributed by atoms with Crippen LogP contribution in [-0.4, -0.2) is 36.4 Å². The Bertz CT molecular complexity index is 544. The van der Waals surface area contributed by atoms with Gasteiger partial charge in [-0.15, -0.1) is 0 Å². The van der Waals surface area contributed by atoms with E-state index in [1.54, 1.807) is 0 Å². The van der Waals surface area contributed by atoms with Crippen molar-refractivity contribution in [3.8, 4) is 0 Å². The van der Waals surface area contributed by atoms with Gasteiger partial charge in [-0.05, 0) is 6.07 Å². The van der Waals surface area contributed by atoms with Crippen molar-refractivity contribution in [1.82, 2.24) is 4.98 Å². The monoisotopic (exact) mass is 263 g/mol. The Morgan fingerprint density at radius 2 is 2.26 bits per heavy atom. The van der Waals surface area contributed by atoms with E-state index in [9.17, 15) is 14.4 Å². The average molecular weight is 263 g/mol. The van der Waals surface area contributed by atoms with Crippen LogP contribution in [0.25, 0.3) is 0 Å². The SMILES string of the molecule is COC(=O)c1ccncc1N1CC(C(N)=O)CC1=O. The third-order valence-electron chi connectivity index (χ3n) is 3.02.